The highest BCUT2D eigenvalue weighted by molar-refractivity contribution is 5.82. The van der Waals surface area contributed by atoms with Gasteiger partial charge in [-0.05, 0) is 56.2 Å². The molecule has 0 unspecified atom stereocenters. The Bertz CT molecular complexity index is 474. The third-order valence-electron chi connectivity index (χ3n) is 3.13. The molecule has 90 valence electrons. The van der Waals surface area contributed by atoms with Gasteiger partial charge in [0.1, 0.15) is 0 Å². The minimum atomic E-state index is 1.19. The quantitative estimate of drug-likeness (QED) is 0.704. The predicted octanol–water partition coefficient (Wildman–Crippen LogP) is 3.72. The molecule has 0 saturated carbocycles. The lowest BCUT2D eigenvalue weighted by Crippen LogP contribution is -2.12. The van der Waals surface area contributed by atoms with Crippen LogP contribution in [-0.2, 0) is 6.42 Å². The van der Waals surface area contributed by atoms with Crippen molar-refractivity contribution in [3.05, 3.63) is 48.0 Å². The van der Waals surface area contributed by atoms with Gasteiger partial charge in [-0.25, -0.2) is 0 Å². The molecule has 0 fully saturated rings. The van der Waals surface area contributed by atoms with Crippen LogP contribution in [0.2, 0.25) is 0 Å². The molecule has 2 aromatic rings. The van der Waals surface area contributed by atoms with E-state index in [-0.39, 0.29) is 0 Å². The van der Waals surface area contributed by atoms with Gasteiger partial charge >= 0.3 is 0 Å². The van der Waals surface area contributed by atoms with Crippen LogP contribution in [0.25, 0.3) is 10.8 Å². The van der Waals surface area contributed by atoms with Crippen LogP contribution in [0.3, 0.4) is 0 Å². The number of unbranched alkanes of at least 4 members (excludes halogenated alkanes) is 1. The maximum absolute atomic E-state index is 2.32. The Kier molecular flexibility index (Phi) is 4.16. The summed E-state index contributed by atoms with van der Waals surface area (Å²) in [4.78, 5) is 2.25. The Morgan fingerprint density at radius 1 is 0.882 bits per heavy atom. The fraction of sp³-hybridized carbons (Fsp3) is 0.375. The molecular weight excluding hydrogens is 206 g/mol. The fourth-order valence-corrected chi connectivity index (χ4v) is 2.15. The summed E-state index contributed by atoms with van der Waals surface area (Å²) in [6.07, 6.45) is 3.75. The Labute approximate surface area is 104 Å². The average molecular weight is 227 g/mol. The van der Waals surface area contributed by atoms with Crippen LogP contribution in [0, 0.1) is 0 Å². The van der Waals surface area contributed by atoms with Crippen molar-refractivity contribution in [2.24, 2.45) is 0 Å². The summed E-state index contributed by atoms with van der Waals surface area (Å²) in [5, 5.41) is 2.70. The zero-order valence-corrected chi connectivity index (χ0v) is 10.8. The smallest absolute Gasteiger partial charge is 0.00247 e. The Balaban J connectivity index is 1.95. The van der Waals surface area contributed by atoms with Crippen LogP contribution < -0.4 is 0 Å². The summed E-state index contributed by atoms with van der Waals surface area (Å²) in [7, 11) is 4.27. The molecule has 1 heteroatoms. The standard InChI is InChI=1S/C16H21N/c1-17(2)12-6-5-7-14-10-11-15-8-3-4-9-16(15)13-14/h3-4,8-11,13H,5-7,12H2,1-2H3. The minimum absolute atomic E-state index is 1.19. The first-order chi connectivity index (χ1) is 8.25. The van der Waals surface area contributed by atoms with E-state index in [1.165, 1.54) is 42.1 Å². The molecule has 2 aromatic carbocycles. The summed E-state index contributed by atoms with van der Waals surface area (Å²) in [6, 6.07) is 15.4. The second kappa shape index (κ2) is 5.83. The molecule has 17 heavy (non-hydrogen) atoms. The van der Waals surface area contributed by atoms with Crippen molar-refractivity contribution >= 4 is 10.8 Å². The molecule has 0 atom stereocenters. The zero-order valence-electron chi connectivity index (χ0n) is 10.8. The van der Waals surface area contributed by atoms with Gasteiger partial charge in [-0.2, -0.15) is 0 Å². The highest BCUT2D eigenvalue weighted by Crippen LogP contribution is 2.16. The number of benzene rings is 2. The van der Waals surface area contributed by atoms with Crippen molar-refractivity contribution in [3.63, 3.8) is 0 Å². The number of nitrogens with zero attached hydrogens (tertiary/aromatic N) is 1. The monoisotopic (exact) mass is 227 g/mol. The minimum Gasteiger partial charge on any atom is -0.309 e. The normalized spacial score (nSPS) is 11.2. The van der Waals surface area contributed by atoms with Crippen molar-refractivity contribution in [1.29, 1.82) is 0 Å². The first kappa shape index (κ1) is 12.1. The molecule has 0 radical (unpaired) electrons. The lowest BCUT2D eigenvalue weighted by atomic mass is 10.0. The van der Waals surface area contributed by atoms with Gasteiger partial charge < -0.3 is 4.90 Å². The van der Waals surface area contributed by atoms with Gasteiger partial charge in [-0.1, -0.05) is 42.5 Å². The van der Waals surface area contributed by atoms with Crippen LogP contribution in [0.4, 0.5) is 0 Å². The Hall–Kier alpha value is -1.34. The van der Waals surface area contributed by atoms with Crippen molar-refractivity contribution in [2.75, 3.05) is 20.6 Å². The van der Waals surface area contributed by atoms with E-state index in [4.69, 9.17) is 0 Å². The summed E-state index contributed by atoms with van der Waals surface area (Å²) in [5.74, 6) is 0. The maximum atomic E-state index is 2.32. The molecular formula is C16H21N. The van der Waals surface area contributed by atoms with E-state index in [9.17, 15) is 0 Å². The van der Waals surface area contributed by atoms with Crippen LogP contribution in [0.5, 0.6) is 0 Å². The van der Waals surface area contributed by atoms with Crippen LogP contribution in [-0.4, -0.2) is 25.5 Å². The second-order valence-corrected chi connectivity index (χ2v) is 4.94. The van der Waals surface area contributed by atoms with Gasteiger partial charge in [0.05, 0.1) is 0 Å². The summed E-state index contributed by atoms with van der Waals surface area (Å²) >= 11 is 0. The van der Waals surface area contributed by atoms with E-state index in [1.807, 2.05) is 0 Å². The SMILES string of the molecule is CN(C)CCCCc1ccc2ccccc2c1. The molecule has 0 aliphatic rings. The Morgan fingerprint density at radius 3 is 2.41 bits per heavy atom. The molecule has 0 heterocycles. The fourth-order valence-electron chi connectivity index (χ4n) is 2.15. The molecule has 0 bridgehead atoms. The van der Waals surface area contributed by atoms with Gasteiger partial charge in [-0.3, -0.25) is 0 Å². The lowest BCUT2D eigenvalue weighted by molar-refractivity contribution is 0.394. The van der Waals surface area contributed by atoms with Crippen molar-refractivity contribution in [2.45, 2.75) is 19.3 Å². The van der Waals surface area contributed by atoms with E-state index >= 15 is 0 Å². The Morgan fingerprint density at radius 2 is 1.65 bits per heavy atom. The van der Waals surface area contributed by atoms with E-state index < -0.39 is 0 Å². The number of aryl methyl sites for hydroxylation is 1. The molecule has 0 spiro atoms. The van der Waals surface area contributed by atoms with Gasteiger partial charge in [0.25, 0.3) is 0 Å². The van der Waals surface area contributed by atoms with E-state index in [2.05, 4.69) is 61.5 Å². The average Bonchev–Trinajstić information content (AvgIpc) is 2.34. The molecule has 2 rings (SSSR count). The van der Waals surface area contributed by atoms with Gasteiger partial charge in [0.2, 0.25) is 0 Å². The summed E-state index contributed by atoms with van der Waals surface area (Å²) in [6.45, 7) is 1.19. The van der Waals surface area contributed by atoms with E-state index in [0.717, 1.165) is 0 Å². The molecule has 0 aliphatic heterocycles. The van der Waals surface area contributed by atoms with Crippen LogP contribution in [0.1, 0.15) is 18.4 Å². The number of hydrogen-bond donors (Lipinski definition) is 0. The van der Waals surface area contributed by atoms with Crippen LogP contribution >= 0.6 is 0 Å². The first-order valence-corrected chi connectivity index (χ1v) is 6.38. The molecule has 0 saturated heterocycles. The summed E-state index contributed by atoms with van der Waals surface area (Å²) in [5.41, 5.74) is 1.46. The number of rotatable bonds is 5. The number of fused-ring (bicyclic) bond motifs is 1. The number of hydrogen-bond acceptors (Lipinski definition) is 1. The highest BCUT2D eigenvalue weighted by atomic mass is 15.0. The third kappa shape index (κ3) is 3.57. The third-order valence-corrected chi connectivity index (χ3v) is 3.13. The second-order valence-electron chi connectivity index (χ2n) is 4.94. The lowest BCUT2D eigenvalue weighted by Gasteiger charge is -2.09. The predicted molar refractivity (Wildman–Crippen MR) is 75.4 cm³/mol. The maximum Gasteiger partial charge on any atom is -0.00247 e. The van der Waals surface area contributed by atoms with Gasteiger partial charge in [-0.15, -0.1) is 0 Å². The van der Waals surface area contributed by atoms with Gasteiger partial charge in [0, 0.05) is 0 Å². The topological polar surface area (TPSA) is 3.24 Å². The van der Waals surface area contributed by atoms with Crippen LogP contribution in [0.15, 0.2) is 42.5 Å². The summed E-state index contributed by atoms with van der Waals surface area (Å²) < 4.78 is 0. The largest absolute Gasteiger partial charge is 0.309 e. The van der Waals surface area contributed by atoms with E-state index in [0.29, 0.717) is 0 Å². The van der Waals surface area contributed by atoms with E-state index in [1.54, 1.807) is 0 Å². The van der Waals surface area contributed by atoms with Crippen molar-refractivity contribution in [3.8, 4) is 0 Å². The highest BCUT2D eigenvalue weighted by Gasteiger charge is 1.97. The van der Waals surface area contributed by atoms with Crippen molar-refractivity contribution in [1.82, 2.24) is 4.90 Å². The molecule has 0 N–H and O–H groups in total. The van der Waals surface area contributed by atoms with Crippen molar-refractivity contribution < 1.29 is 0 Å². The molecule has 0 aromatic heterocycles. The molecule has 1 nitrogen and oxygen atoms in total. The molecule has 0 aliphatic carbocycles. The van der Waals surface area contributed by atoms with Gasteiger partial charge in [0.15, 0.2) is 0 Å². The molecule has 0 amide bonds. The first-order valence-electron chi connectivity index (χ1n) is 6.38. The zero-order chi connectivity index (χ0) is 12.1.